The van der Waals surface area contributed by atoms with Crippen LogP contribution in [0.2, 0.25) is 16.4 Å². The van der Waals surface area contributed by atoms with Crippen molar-refractivity contribution in [2.24, 2.45) is 0 Å². The maximum Gasteiger partial charge on any atom is -1.00 e. The molecule has 0 radical (unpaired) electrons. The van der Waals surface area contributed by atoms with Gasteiger partial charge in [0.2, 0.25) is 0 Å². The van der Waals surface area contributed by atoms with Crippen molar-refractivity contribution in [1.29, 1.82) is 0 Å². The molecule has 1 unspecified atom stereocenters. The average molecular weight is 550 g/mol. The summed E-state index contributed by atoms with van der Waals surface area (Å²) in [5.74, 6) is 0. The zero-order valence-corrected chi connectivity index (χ0v) is 25.7. The molecule has 1 aliphatic rings. The van der Waals surface area contributed by atoms with Crippen LogP contribution in [-0.2, 0) is 33.3 Å². The minimum atomic E-state index is -1.66. The van der Waals surface area contributed by atoms with Crippen molar-refractivity contribution in [3.63, 3.8) is 0 Å². The molecule has 32 heavy (non-hydrogen) atoms. The predicted octanol–water partition coefficient (Wildman–Crippen LogP) is -0.989. The molecule has 0 aliphatic heterocycles. The van der Waals surface area contributed by atoms with Gasteiger partial charge in [-0.2, -0.15) is 0 Å². The first-order chi connectivity index (χ1) is 13.9. The molecule has 1 atom stereocenters. The van der Waals surface area contributed by atoms with E-state index in [4.69, 9.17) is 0 Å². The average Bonchev–Trinajstić information content (AvgIpc) is 3.12. The molecule has 0 heterocycles. The number of allylic oxidation sites excluding steroid dienone is 4. The van der Waals surface area contributed by atoms with Crippen LogP contribution in [0.4, 0.5) is 0 Å². The van der Waals surface area contributed by atoms with E-state index in [1.807, 2.05) is 0 Å². The van der Waals surface area contributed by atoms with Crippen molar-refractivity contribution in [3.05, 3.63) is 53.1 Å². The normalized spacial score (nSPS) is 17.3. The van der Waals surface area contributed by atoms with Gasteiger partial charge in [0.15, 0.2) is 0 Å². The molecule has 0 bridgehead atoms. The van der Waals surface area contributed by atoms with Gasteiger partial charge in [0.25, 0.3) is 0 Å². The Balaban J connectivity index is 0. The Morgan fingerprint density at radius 3 is 1.66 bits per heavy atom. The monoisotopic (exact) mass is 548 g/mol. The fraction of sp³-hybridized carbons (Fsp3) is 0.630. The fourth-order valence-electron chi connectivity index (χ4n) is 4.40. The van der Waals surface area contributed by atoms with Gasteiger partial charge in [-0.05, 0) is 0 Å². The molecular formula is C27H43Cl3SiTi. The van der Waals surface area contributed by atoms with Gasteiger partial charge in [-0.1, -0.05) is 0 Å². The van der Waals surface area contributed by atoms with Crippen LogP contribution in [0.25, 0.3) is 0 Å². The van der Waals surface area contributed by atoms with Crippen LogP contribution < -0.4 is 42.4 Å². The second kappa shape index (κ2) is 17.0. The van der Waals surface area contributed by atoms with Crippen LogP contribution in [0.15, 0.2) is 42.0 Å². The molecule has 0 saturated heterocycles. The molecule has 0 aromatic heterocycles. The minimum Gasteiger partial charge on any atom is -1.00 e. The summed E-state index contributed by atoms with van der Waals surface area (Å²) in [6, 6.07) is 7.71. The van der Waals surface area contributed by atoms with Gasteiger partial charge in [0.05, 0.1) is 0 Å². The summed E-state index contributed by atoms with van der Waals surface area (Å²) in [5, 5.41) is 1.66. The molecule has 5 heteroatoms. The van der Waals surface area contributed by atoms with Crippen molar-refractivity contribution in [3.8, 4) is 0 Å². The third-order valence-corrected chi connectivity index (χ3v) is 14.4. The van der Waals surface area contributed by atoms with E-state index in [0.29, 0.717) is 0 Å². The van der Waals surface area contributed by atoms with Gasteiger partial charge in [-0.25, -0.2) is 0 Å². The smallest absolute Gasteiger partial charge is 1.00 e. The van der Waals surface area contributed by atoms with E-state index < -0.39 is 8.07 Å². The molecule has 1 aliphatic carbocycles. The molecule has 1 aromatic carbocycles. The van der Waals surface area contributed by atoms with E-state index in [1.165, 1.54) is 69.8 Å². The van der Waals surface area contributed by atoms with E-state index in [1.54, 1.807) is 16.3 Å². The Hall–Kier alpha value is 0.501. The zero-order valence-electron chi connectivity index (χ0n) is 20.9. The van der Waals surface area contributed by atoms with E-state index in [2.05, 4.69) is 90.7 Å². The molecular weight excluding hydrogens is 507 g/mol. The van der Waals surface area contributed by atoms with Crippen LogP contribution in [0, 0.1) is 0 Å². The van der Waals surface area contributed by atoms with E-state index in [9.17, 15) is 0 Å². The van der Waals surface area contributed by atoms with Crippen molar-refractivity contribution >= 4 is 13.3 Å². The number of hydrogen-bond acceptors (Lipinski definition) is 0. The molecule has 0 nitrogen and oxygen atoms in total. The Morgan fingerprint density at radius 1 is 0.750 bits per heavy atom. The van der Waals surface area contributed by atoms with Crippen LogP contribution >= 0.6 is 0 Å². The van der Waals surface area contributed by atoms with Crippen LogP contribution in [0.3, 0.4) is 0 Å². The standard InChI is InChI=1S/C27H43Si.3ClH.Ti/c1-6-9-11-13-15-24-19-25(16-14-12-10-7-2)22-27(21-24)28(4,5)26-18-17-23(8-3)20-26;;;;/h17-22H,6-16H2,1-5H3;3*1H;/q;;;;+3/p-3. The summed E-state index contributed by atoms with van der Waals surface area (Å²) in [5.41, 5.74) is 4.70. The van der Waals surface area contributed by atoms with Crippen LogP contribution in [0.1, 0.15) is 89.7 Å². The third kappa shape index (κ3) is 9.63. The van der Waals surface area contributed by atoms with Crippen molar-refractivity contribution in [1.82, 2.24) is 0 Å². The summed E-state index contributed by atoms with van der Waals surface area (Å²) in [4.78, 5) is 0. The summed E-state index contributed by atoms with van der Waals surface area (Å²) in [6.07, 6.45) is 21.9. The van der Waals surface area contributed by atoms with Gasteiger partial charge in [0, 0.05) is 0 Å². The number of aryl methyl sites for hydroxylation is 2. The number of halogens is 3. The molecule has 0 fully saturated rings. The summed E-state index contributed by atoms with van der Waals surface area (Å²) >= 11 is 2.48. The molecule has 2 rings (SSSR count). The quantitative estimate of drug-likeness (QED) is 0.219. The Labute approximate surface area is 230 Å². The number of hydrogen-bond donors (Lipinski definition) is 0. The number of rotatable bonds is 13. The number of benzene rings is 1. The molecule has 180 valence electrons. The third-order valence-electron chi connectivity index (χ3n) is 6.83. The molecule has 1 aromatic rings. The maximum atomic E-state index is 2.59. The van der Waals surface area contributed by atoms with Crippen LogP contribution in [0.5, 0.6) is 0 Å². The summed E-state index contributed by atoms with van der Waals surface area (Å²) in [6.45, 7) is 12.1. The topological polar surface area (TPSA) is 0 Å². The first-order valence-electron chi connectivity index (χ1n) is 12.2. The van der Waals surface area contributed by atoms with Gasteiger partial charge < -0.3 is 37.2 Å². The Morgan fingerprint density at radius 2 is 1.25 bits per heavy atom. The summed E-state index contributed by atoms with van der Waals surface area (Å²) < 4.78 is 0.235. The molecule has 0 saturated carbocycles. The van der Waals surface area contributed by atoms with E-state index >= 15 is 0 Å². The van der Waals surface area contributed by atoms with Gasteiger partial charge >= 0.3 is 195 Å². The van der Waals surface area contributed by atoms with E-state index in [0.717, 1.165) is 6.42 Å². The minimum absolute atomic E-state index is 0. The van der Waals surface area contributed by atoms with Gasteiger partial charge in [-0.3, -0.25) is 0 Å². The number of unbranched alkanes of at least 4 members (excludes halogenated alkanes) is 6. The van der Waals surface area contributed by atoms with Gasteiger partial charge in [0.1, 0.15) is 0 Å². The predicted molar refractivity (Wildman–Crippen MR) is 129 cm³/mol. The Bertz CT molecular complexity index is 685. The Kier molecular flexibility index (Phi) is 18.4. The largest absolute Gasteiger partial charge is 1.00 e. The second-order valence-electron chi connectivity index (χ2n) is 9.56. The maximum absolute atomic E-state index is 2.59. The van der Waals surface area contributed by atoms with Gasteiger partial charge in [-0.15, -0.1) is 0 Å². The van der Waals surface area contributed by atoms with Crippen molar-refractivity contribution in [2.75, 3.05) is 0 Å². The molecule has 0 amide bonds. The second-order valence-corrected chi connectivity index (χ2v) is 16.3. The first-order valence-corrected chi connectivity index (χ1v) is 15.9. The van der Waals surface area contributed by atoms with Crippen molar-refractivity contribution < 1.29 is 57.7 Å². The molecule has 0 N–H and O–H groups in total. The van der Waals surface area contributed by atoms with Crippen LogP contribution in [-0.4, -0.2) is 8.07 Å². The fourth-order valence-corrected chi connectivity index (χ4v) is 8.11. The zero-order chi connectivity index (χ0) is 21.3. The SMILES string of the molecule is CCCCCCc1cc(CCCCCC)cc([Si](C)(C)[C]2([Ti+3])C=CC(CC)=C2)c1.[Cl-].[Cl-].[Cl-]. The molecule has 0 spiro atoms. The summed E-state index contributed by atoms with van der Waals surface area (Å²) in [7, 11) is -1.66. The van der Waals surface area contributed by atoms with Crippen molar-refractivity contribution in [2.45, 2.75) is 108 Å². The van der Waals surface area contributed by atoms with E-state index in [-0.39, 0.29) is 40.6 Å². The first kappa shape index (κ1) is 34.7.